The molecule has 6 nitrogen and oxygen atoms in total. The minimum absolute atomic E-state index is 0.247. The van der Waals surface area contributed by atoms with Gasteiger partial charge in [-0.3, -0.25) is 4.90 Å². The van der Waals surface area contributed by atoms with Crippen molar-refractivity contribution < 1.29 is 19.4 Å². The Bertz CT molecular complexity index is 344. The van der Waals surface area contributed by atoms with Gasteiger partial charge in [-0.1, -0.05) is 13.3 Å². The molecule has 1 aliphatic rings. The summed E-state index contributed by atoms with van der Waals surface area (Å²) in [7, 11) is 0. The van der Waals surface area contributed by atoms with Gasteiger partial charge in [0, 0.05) is 39.3 Å². The standard InChI is InChI=1S/C17H34N2O4/c1-5-6-12-22-14-15(20)13-18-8-7-9-19(11-10-18)16(21)23-17(2,3)4/h15,20H,5-14H2,1-4H3. The Balaban J connectivity index is 2.30. The predicted octanol–water partition coefficient (Wildman–Crippen LogP) is 2.11. The molecule has 0 spiro atoms. The van der Waals surface area contributed by atoms with E-state index in [0.29, 0.717) is 32.8 Å². The van der Waals surface area contributed by atoms with Crippen LogP contribution in [0.3, 0.4) is 0 Å². The molecule has 1 aliphatic heterocycles. The number of amides is 1. The highest BCUT2D eigenvalue weighted by Crippen LogP contribution is 2.12. The van der Waals surface area contributed by atoms with Gasteiger partial charge < -0.3 is 19.5 Å². The van der Waals surface area contributed by atoms with E-state index in [9.17, 15) is 9.90 Å². The van der Waals surface area contributed by atoms with E-state index < -0.39 is 11.7 Å². The van der Waals surface area contributed by atoms with Crippen LogP contribution in [0, 0.1) is 0 Å². The number of rotatable bonds is 7. The van der Waals surface area contributed by atoms with Crippen molar-refractivity contribution in [1.82, 2.24) is 9.80 Å². The maximum Gasteiger partial charge on any atom is 0.410 e. The molecule has 1 N–H and O–H groups in total. The first kappa shape index (κ1) is 20.2. The molecule has 1 unspecified atom stereocenters. The van der Waals surface area contributed by atoms with E-state index in [1.54, 1.807) is 4.90 Å². The maximum atomic E-state index is 12.1. The molecular weight excluding hydrogens is 296 g/mol. The summed E-state index contributed by atoms with van der Waals surface area (Å²) in [6.45, 7) is 12.4. The molecule has 1 amide bonds. The van der Waals surface area contributed by atoms with Gasteiger partial charge >= 0.3 is 6.09 Å². The molecule has 1 heterocycles. The number of unbranched alkanes of at least 4 members (excludes halogenated alkanes) is 1. The number of hydrogen-bond donors (Lipinski definition) is 1. The average Bonchev–Trinajstić information content (AvgIpc) is 2.67. The van der Waals surface area contributed by atoms with E-state index in [1.165, 1.54) is 0 Å². The molecule has 0 aromatic heterocycles. The van der Waals surface area contributed by atoms with Gasteiger partial charge in [-0.2, -0.15) is 0 Å². The van der Waals surface area contributed by atoms with Crippen molar-refractivity contribution in [1.29, 1.82) is 0 Å². The number of ether oxygens (including phenoxy) is 2. The van der Waals surface area contributed by atoms with Crippen LogP contribution in [0.4, 0.5) is 4.79 Å². The molecule has 6 heteroatoms. The van der Waals surface area contributed by atoms with Crippen LogP contribution in [0.5, 0.6) is 0 Å². The zero-order valence-electron chi connectivity index (χ0n) is 15.2. The van der Waals surface area contributed by atoms with E-state index in [0.717, 1.165) is 32.4 Å². The van der Waals surface area contributed by atoms with Gasteiger partial charge in [-0.15, -0.1) is 0 Å². The third-order valence-electron chi connectivity index (χ3n) is 3.66. The molecule has 0 aromatic carbocycles. The summed E-state index contributed by atoms with van der Waals surface area (Å²) in [5, 5.41) is 10.0. The Hall–Kier alpha value is -0.850. The highest BCUT2D eigenvalue weighted by atomic mass is 16.6. The summed E-state index contributed by atoms with van der Waals surface area (Å²) in [4.78, 5) is 16.1. The van der Waals surface area contributed by atoms with Crippen LogP contribution in [0.1, 0.15) is 47.0 Å². The highest BCUT2D eigenvalue weighted by molar-refractivity contribution is 5.68. The second-order valence-corrected chi connectivity index (χ2v) is 7.20. The molecule has 0 aliphatic carbocycles. The molecule has 1 saturated heterocycles. The summed E-state index contributed by atoms with van der Waals surface area (Å²) in [6.07, 6.45) is 2.30. The lowest BCUT2D eigenvalue weighted by Gasteiger charge is -2.27. The first-order chi connectivity index (χ1) is 10.8. The van der Waals surface area contributed by atoms with Gasteiger partial charge in [0.15, 0.2) is 0 Å². The van der Waals surface area contributed by atoms with Crippen LogP contribution in [0.15, 0.2) is 0 Å². The molecule has 23 heavy (non-hydrogen) atoms. The normalized spacial score (nSPS) is 18.6. The Morgan fingerprint density at radius 3 is 2.61 bits per heavy atom. The summed E-state index contributed by atoms with van der Waals surface area (Å²) < 4.78 is 10.9. The lowest BCUT2D eigenvalue weighted by atomic mass is 10.2. The number of nitrogens with zero attached hydrogens (tertiary/aromatic N) is 2. The quantitative estimate of drug-likeness (QED) is 0.724. The average molecular weight is 330 g/mol. The van der Waals surface area contributed by atoms with E-state index >= 15 is 0 Å². The minimum atomic E-state index is -0.472. The van der Waals surface area contributed by atoms with Gasteiger partial charge in [-0.05, 0) is 33.6 Å². The first-order valence-corrected chi connectivity index (χ1v) is 8.78. The minimum Gasteiger partial charge on any atom is -0.444 e. The summed E-state index contributed by atoms with van der Waals surface area (Å²) in [5.41, 5.74) is -0.463. The fourth-order valence-corrected chi connectivity index (χ4v) is 2.48. The Labute approximate surface area is 140 Å². The third kappa shape index (κ3) is 9.13. The molecule has 136 valence electrons. The fraction of sp³-hybridized carbons (Fsp3) is 0.941. The Morgan fingerprint density at radius 1 is 1.22 bits per heavy atom. The van der Waals surface area contributed by atoms with Gasteiger partial charge in [-0.25, -0.2) is 4.79 Å². The molecule has 1 rings (SSSR count). The van der Waals surface area contributed by atoms with Crippen molar-refractivity contribution in [3.8, 4) is 0 Å². The molecule has 0 radical (unpaired) electrons. The first-order valence-electron chi connectivity index (χ1n) is 8.78. The van der Waals surface area contributed by atoms with Crippen molar-refractivity contribution in [3.05, 3.63) is 0 Å². The largest absolute Gasteiger partial charge is 0.444 e. The second kappa shape index (κ2) is 10.1. The number of carbonyl (C=O) groups excluding carboxylic acids is 1. The van der Waals surface area contributed by atoms with Crippen LogP contribution in [0.25, 0.3) is 0 Å². The Morgan fingerprint density at radius 2 is 1.96 bits per heavy atom. The molecular formula is C17H34N2O4. The molecule has 0 aromatic rings. The van der Waals surface area contributed by atoms with Crippen molar-refractivity contribution in [3.63, 3.8) is 0 Å². The van der Waals surface area contributed by atoms with Crippen molar-refractivity contribution in [2.24, 2.45) is 0 Å². The van der Waals surface area contributed by atoms with Crippen molar-refractivity contribution in [2.45, 2.75) is 58.7 Å². The fourth-order valence-electron chi connectivity index (χ4n) is 2.48. The molecule has 0 bridgehead atoms. The van der Waals surface area contributed by atoms with Crippen LogP contribution in [-0.4, -0.2) is 78.6 Å². The summed E-state index contributed by atoms with van der Waals surface area (Å²) in [5.74, 6) is 0. The number of carbonyl (C=O) groups is 1. The summed E-state index contributed by atoms with van der Waals surface area (Å²) >= 11 is 0. The van der Waals surface area contributed by atoms with Crippen LogP contribution in [0.2, 0.25) is 0 Å². The van der Waals surface area contributed by atoms with Crippen LogP contribution in [-0.2, 0) is 9.47 Å². The third-order valence-corrected chi connectivity index (χ3v) is 3.66. The van der Waals surface area contributed by atoms with Gasteiger partial charge in [0.2, 0.25) is 0 Å². The smallest absolute Gasteiger partial charge is 0.410 e. The van der Waals surface area contributed by atoms with E-state index in [4.69, 9.17) is 9.47 Å². The van der Waals surface area contributed by atoms with Gasteiger partial charge in [0.1, 0.15) is 5.60 Å². The maximum absolute atomic E-state index is 12.1. The second-order valence-electron chi connectivity index (χ2n) is 7.20. The summed E-state index contributed by atoms with van der Waals surface area (Å²) in [6, 6.07) is 0. The van der Waals surface area contributed by atoms with Crippen molar-refractivity contribution >= 4 is 6.09 Å². The molecule has 0 saturated carbocycles. The van der Waals surface area contributed by atoms with Crippen LogP contribution >= 0.6 is 0 Å². The topological polar surface area (TPSA) is 62.2 Å². The zero-order chi connectivity index (χ0) is 17.3. The molecule has 1 atom stereocenters. The lowest BCUT2D eigenvalue weighted by molar-refractivity contribution is 0.0149. The number of hydrogen-bond acceptors (Lipinski definition) is 5. The number of aliphatic hydroxyl groups is 1. The Kier molecular flexibility index (Phi) is 8.87. The number of aliphatic hydroxyl groups excluding tert-OH is 1. The monoisotopic (exact) mass is 330 g/mol. The van der Waals surface area contributed by atoms with E-state index in [-0.39, 0.29) is 6.09 Å². The molecule has 1 fully saturated rings. The van der Waals surface area contributed by atoms with Gasteiger partial charge in [0.25, 0.3) is 0 Å². The van der Waals surface area contributed by atoms with Gasteiger partial charge in [0.05, 0.1) is 12.7 Å². The zero-order valence-corrected chi connectivity index (χ0v) is 15.2. The highest BCUT2D eigenvalue weighted by Gasteiger charge is 2.25. The van der Waals surface area contributed by atoms with E-state index in [1.807, 2.05) is 20.8 Å². The predicted molar refractivity (Wildman–Crippen MR) is 90.6 cm³/mol. The van der Waals surface area contributed by atoms with E-state index in [2.05, 4.69) is 11.8 Å². The SMILES string of the molecule is CCCCOCC(O)CN1CCCN(C(=O)OC(C)(C)C)CC1. The number of β-amino-alcohol motifs (C(OH)–C–C–N with tert-alkyl or cyclic N) is 1. The van der Waals surface area contributed by atoms with Crippen molar-refractivity contribution in [2.75, 3.05) is 45.9 Å². The van der Waals surface area contributed by atoms with Crippen LogP contribution < -0.4 is 0 Å². The lowest BCUT2D eigenvalue weighted by Crippen LogP contribution is -2.40.